The van der Waals surface area contributed by atoms with Crippen LogP contribution < -0.4 is 5.32 Å². The van der Waals surface area contributed by atoms with E-state index in [1.807, 2.05) is 0 Å². The summed E-state index contributed by atoms with van der Waals surface area (Å²) in [5.41, 5.74) is 5.95. The number of para-hydroxylation sites is 1. The van der Waals surface area contributed by atoms with Crippen LogP contribution in [0.2, 0.25) is 0 Å². The highest BCUT2D eigenvalue weighted by Crippen LogP contribution is 2.35. The van der Waals surface area contributed by atoms with E-state index in [4.69, 9.17) is 5.10 Å². The van der Waals surface area contributed by atoms with E-state index in [0.29, 0.717) is 0 Å². The lowest BCUT2D eigenvalue weighted by molar-refractivity contribution is 0.779. The van der Waals surface area contributed by atoms with Gasteiger partial charge in [0.15, 0.2) is 0 Å². The molecule has 0 saturated heterocycles. The molecule has 0 saturated carbocycles. The molecule has 0 fully saturated rings. The zero-order valence-corrected chi connectivity index (χ0v) is 15.3. The third-order valence-electron chi connectivity index (χ3n) is 4.57. The Morgan fingerprint density at radius 2 is 1.96 bits per heavy atom. The van der Waals surface area contributed by atoms with Crippen LogP contribution in [0.15, 0.2) is 53.0 Å². The Hall–Kier alpha value is -2.07. The van der Waals surface area contributed by atoms with E-state index in [1.54, 1.807) is 0 Å². The Morgan fingerprint density at radius 1 is 1.08 bits per heavy atom. The second-order valence-electron chi connectivity index (χ2n) is 6.27. The second kappa shape index (κ2) is 6.44. The third-order valence-corrected chi connectivity index (χ3v) is 5.06. The first kappa shape index (κ1) is 15.5. The first-order chi connectivity index (χ1) is 11.7. The van der Waals surface area contributed by atoms with E-state index in [-0.39, 0.29) is 0 Å². The van der Waals surface area contributed by atoms with E-state index in [0.717, 1.165) is 40.2 Å². The van der Waals surface area contributed by atoms with Gasteiger partial charge in [-0.05, 0) is 49.9 Å². The van der Waals surface area contributed by atoms with Crippen molar-refractivity contribution in [3.63, 3.8) is 0 Å². The van der Waals surface area contributed by atoms with Gasteiger partial charge in [-0.1, -0.05) is 46.3 Å². The summed E-state index contributed by atoms with van der Waals surface area (Å²) in [4.78, 5) is 0. The fourth-order valence-electron chi connectivity index (χ4n) is 3.35. The van der Waals surface area contributed by atoms with Gasteiger partial charge in [0.2, 0.25) is 0 Å². The van der Waals surface area contributed by atoms with E-state index in [2.05, 4.69) is 81.4 Å². The van der Waals surface area contributed by atoms with E-state index in [1.165, 1.54) is 24.0 Å². The van der Waals surface area contributed by atoms with Gasteiger partial charge in [-0.15, -0.1) is 0 Å². The summed E-state index contributed by atoms with van der Waals surface area (Å²) in [5, 5.41) is 8.62. The van der Waals surface area contributed by atoms with Crippen molar-refractivity contribution in [1.82, 2.24) is 9.78 Å². The van der Waals surface area contributed by atoms with Crippen molar-refractivity contribution in [2.75, 3.05) is 11.9 Å². The number of benzene rings is 2. The molecule has 1 aromatic heterocycles. The lowest BCUT2D eigenvalue weighted by Gasteiger charge is -2.11. The van der Waals surface area contributed by atoms with Crippen LogP contribution >= 0.6 is 15.9 Å². The van der Waals surface area contributed by atoms with Crippen LogP contribution in [0.25, 0.3) is 16.9 Å². The Labute approximate surface area is 150 Å². The van der Waals surface area contributed by atoms with Crippen molar-refractivity contribution in [3.05, 3.63) is 64.1 Å². The molecule has 0 atom stereocenters. The number of anilines is 1. The van der Waals surface area contributed by atoms with Crippen LogP contribution in [0.3, 0.4) is 0 Å². The molecule has 4 heteroatoms. The molecular weight excluding hydrogens is 362 g/mol. The molecule has 3 aromatic rings. The fourth-order valence-corrected chi connectivity index (χ4v) is 3.74. The van der Waals surface area contributed by atoms with E-state index < -0.39 is 0 Å². The molecule has 2 aromatic carbocycles. The summed E-state index contributed by atoms with van der Waals surface area (Å²) in [5.74, 6) is 1.15. The molecule has 122 valence electrons. The van der Waals surface area contributed by atoms with Gasteiger partial charge >= 0.3 is 0 Å². The average molecular weight is 382 g/mol. The van der Waals surface area contributed by atoms with Crippen LogP contribution in [0.4, 0.5) is 5.82 Å². The molecule has 0 bridgehead atoms. The van der Waals surface area contributed by atoms with Crippen LogP contribution in [0.5, 0.6) is 0 Å². The van der Waals surface area contributed by atoms with Crippen molar-refractivity contribution in [3.8, 4) is 16.9 Å². The highest BCUT2D eigenvalue weighted by atomic mass is 79.9. The molecule has 0 unspecified atom stereocenters. The molecule has 1 aliphatic heterocycles. The number of rotatable bonds is 2. The van der Waals surface area contributed by atoms with Crippen LogP contribution in [-0.2, 0) is 6.42 Å². The van der Waals surface area contributed by atoms with Gasteiger partial charge in [0.05, 0.1) is 11.4 Å². The van der Waals surface area contributed by atoms with E-state index in [9.17, 15) is 0 Å². The fraction of sp³-hybridized carbons (Fsp3) is 0.250. The molecule has 3 nitrogen and oxygen atoms in total. The Bertz CT molecular complexity index is 882. The third kappa shape index (κ3) is 2.75. The minimum Gasteiger partial charge on any atom is -0.370 e. The lowest BCUT2D eigenvalue weighted by Crippen LogP contribution is -2.08. The summed E-state index contributed by atoms with van der Waals surface area (Å²) >= 11 is 3.58. The minimum absolute atomic E-state index is 1.00. The minimum atomic E-state index is 1.00. The topological polar surface area (TPSA) is 29.9 Å². The molecule has 0 radical (unpaired) electrons. The van der Waals surface area contributed by atoms with Gasteiger partial charge in [0.1, 0.15) is 5.82 Å². The number of nitrogens with one attached hydrogen (secondary N) is 1. The van der Waals surface area contributed by atoms with Gasteiger partial charge in [-0.2, -0.15) is 5.10 Å². The predicted molar refractivity (Wildman–Crippen MR) is 103 cm³/mol. The predicted octanol–water partition coefficient (Wildman–Crippen LogP) is 5.36. The average Bonchev–Trinajstić information content (AvgIpc) is 2.77. The standard InChI is InChI=1S/C20H20BrN3/c1-14-7-2-3-11-18(14)24-20-17(10-4-5-12-22-20)19(23-24)15-8-6-9-16(21)13-15/h2-3,6-9,11,13,22H,4-5,10,12H2,1H3. The SMILES string of the molecule is Cc1ccccc1-n1nc(-c2cccc(Br)c2)c2c1NCCCC2. The van der Waals surface area contributed by atoms with Crippen molar-refractivity contribution in [2.45, 2.75) is 26.2 Å². The molecular formula is C20H20BrN3. The number of halogens is 1. The first-order valence-electron chi connectivity index (χ1n) is 8.42. The smallest absolute Gasteiger partial charge is 0.133 e. The van der Waals surface area contributed by atoms with Crippen molar-refractivity contribution in [1.29, 1.82) is 0 Å². The molecule has 4 rings (SSSR count). The van der Waals surface area contributed by atoms with Crippen molar-refractivity contribution in [2.24, 2.45) is 0 Å². The van der Waals surface area contributed by atoms with Gasteiger partial charge in [0.25, 0.3) is 0 Å². The van der Waals surface area contributed by atoms with E-state index >= 15 is 0 Å². The quantitative estimate of drug-likeness (QED) is 0.647. The zero-order chi connectivity index (χ0) is 16.5. The molecule has 1 aliphatic rings. The number of aromatic nitrogens is 2. The maximum Gasteiger partial charge on any atom is 0.133 e. The number of hydrogen-bond acceptors (Lipinski definition) is 2. The molecule has 1 N–H and O–H groups in total. The summed E-state index contributed by atoms with van der Waals surface area (Å²) in [6.45, 7) is 3.14. The Morgan fingerprint density at radius 3 is 2.79 bits per heavy atom. The molecule has 24 heavy (non-hydrogen) atoms. The van der Waals surface area contributed by atoms with Crippen LogP contribution in [-0.4, -0.2) is 16.3 Å². The number of nitrogens with zero attached hydrogens (tertiary/aromatic N) is 2. The van der Waals surface area contributed by atoms with Gasteiger partial charge in [-0.3, -0.25) is 0 Å². The van der Waals surface area contributed by atoms with Crippen molar-refractivity contribution >= 4 is 21.7 Å². The number of aryl methyl sites for hydroxylation is 1. The first-order valence-corrected chi connectivity index (χ1v) is 9.21. The maximum atomic E-state index is 5.01. The number of fused-ring (bicyclic) bond motifs is 1. The summed E-state index contributed by atoms with van der Waals surface area (Å²) in [6, 6.07) is 16.8. The van der Waals surface area contributed by atoms with Crippen LogP contribution in [0.1, 0.15) is 24.0 Å². The zero-order valence-electron chi connectivity index (χ0n) is 13.7. The second-order valence-corrected chi connectivity index (χ2v) is 7.18. The lowest BCUT2D eigenvalue weighted by atomic mass is 10.0. The highest BCUT2D eigenvalue weighted by Gasteiger charge is 2.22. The van der Waals surface area contributed by atoms with Gasteiger partial charge < -0.3 is 5.32 Å². The number of hydrogen-bond donors (Lipinski definition) is 1. The summed E-state index contributed by atoms with van der Waals surface area (Å²) in [6.07, 6.45) is 3.46. The molecule has 0 spiro atoms. The summed E-state index contributed by atoms with van der Waals surface area (Å²) in [7, 11) is 0. The van der Waals surface area contributed by atoms with Gasteiger partial charge in [0, 0.05) is 22.1 Å². The molecule has 0 amide bonds. The Balaban J connectivity index is 1.94. The highest BCUT2D eigenvalue weighted by molar-refractivity contribution is 9.10. The largest absolute Gasteiger partial charge is 0.370 e. The van der Waals surface area contributed by atoms with Gasteiger partial charge in [-0.25, -0.2) is 4.68 Å². The summed E-state index contributed by atoms with van der Waals surface area (Å²) < 4.78 is 3.17. The van der Waals surface area contributed by atoms with Crippen molar-refractivity contribution < 1.29 is 0 Å². The maximum absolute atomic E-state index is 5.01. The normalized spacial score (nSPS) is 13.9. The molecule has 2 heterocycles. The Kier molecular flexibility index (Phi) is 4.15. The molecule has 0 aliphatic carbocycles. The van der Waals surface area contributed by atoms with Crippen LogP contribution in [0, 0.1) is 6.92 Å². The monoisotopic (exact) mass is 381 g/mol.